The van der Waals surface area contributed by atoms with Gasteiger partial charge in [0.15, 0.2) is 0 Å². The molecule has 0 heterocycles. The van der Waals surface area contributed by atoms with Crippen molar-refractivity contribution in [2.45, 2.75) is 51.9 Å². The summed E-state index contributed by atoms with van der Waals surface area (Å²) in [7, 11) is 0. The Hall–Kier alpha value is -1.96. The Morgan fingerprint density at radius 2 is 1.04 bits per heavy atom. The van der Waals surface area contributed by atoms with E-state index in [2.05, 4.69) is 45.0 Å². The molecule has 2 aromatic carbocycles. The Kier molecular flexibility index (Phi) is 4.58. The Balaban J connectivity index is 1.89. The molecule has 2 heteroatoms. The van der Waals surface area contributed by atoms with Gasteiger partial charge in [0.25, 0.3) is 0 Å². The van der Waals surface area contributed by atoms with E-state index in [-0.39, 0.29) is 5.41 Å². The molecule has 0 aliphatic heterocycles. The predicted octanol–water partition coefficient (Wildman–Crippen LogP) is 5.81. The van der Waals surface area contributed by atoms with Crippen LogP contribution in [-0.2, 0) is 0 Å². The molecule has 0 saturated heterocycles. The van der Waals surface area contributed by atoms with E-state index in [1.165, 1.54) is 24.0 Å². The van der Waals surface area contributed by atoms with Crippen LogP contribution in [0.5, 0.6) is 11.5 Å². The predicted molar refractivity (Wildman–Crippen MR) is 98.5 cm³/mol. The summed E-state index contributed by atoms with van der Waals surface area (Å²) in [6.45, 7) is 7.01. The van der Waals surface area contributed by atoms with Gasteiger partial charge in [0.05, 0.1) is 0 Å². The first-order valence-corrected chi connectivity index (χ1v) is 8.91. The van der Waals surface area contributed by atoms with Crippen LogP contribution in [0.15, 0.2) is 48.5 Å². The van der Waals surface area contributed by atoms with Crippen LogP contribution in [-0.4, -0.2) is 10.2 Å². The second kappa shape index (κ2) is 6.51. The summed E-state index contributed by atoms with van der Waals surface area (Å²) >= 11 is 0. The third-order valence-corrected chi connectivity index (χ3v) is 5.66. The third-order valence-electron chi connectivity index (χ3n) is 5.66. The van der Waals surface area contributed by atoms with E-state index in [0.29, 0.717) is 29.3 Å². The first-order chi connectivity index (χ1) is 11.3. The number of benzene rings is 2. The smallest absolute Gasteiger partial charge is 0.115 e. The van der Waals surface area contributed by atoms with Crippen molar-refractivity contribution < 1.29 is 10.2 Å². The topological polar surface area (TPSA) is 40.5 Å². The summed E-state index contributed by atoms with van der Waals surface area (Å²) in [5.41, 5.74) is 2.93. The highest BCUT2D eigenvalue weighted by atomic mass is 16.3. The molecule has 1 saturated carbocycles. The van der Waals surface area contributed by atoms with Gasteiger partial charge in [0.2, 0.25) is 0 Å². The Morgan fingerprint density at radius 3 is 1.38 bits per heavy atom. The summed E-state index contributed by atoms with van der Waals surface area (Å²) in [5.74, 6) is 2.35. The molecule has 1 fully saturated rings. The molecule has 0 aromatic heterocycles. The number of phenolic OH excluding ortho intramolecular Hbond substituents is 2. The van der Waals surface area contributed by atoms with Gasteiger partial charge >= 0.3 is 0 Å². The highest BCUT2D eigenvalue weighted by Gasteiger charge is 2.36. The number of hydrogen-bond acceptors (Lipinski definition) is 2. The largest absolute Gasteiger partial charge is 0.508 e. The van der Waals surface area contributed by atoms with Gasteiger partial charge in [-0.1, -0.05) is 45.0 Å². The fraction of sp³-hybridized carbons (Fsp3) is 0.455. The standard InChI is InChI=1S/C22H28O2/c1-22(2,3)19-13-17(15-4-8-20(23)9-5-15)12-18(14-19)16-6-10-21(24)11-7-16/h4-11,17-19,23-24H,12-14H2,1-3H3. The van der Waals surface area contributed by atoms with E-state index >= 15 is 0 Å². The maximum absolute atomic E-state index is 9.57. The summed E-state index contributed by atoms with van der Waals surface area (Å²) in [5, 5.41) is 19.1. The number of rotatable bonds is 2. The van der Waals surface area contributed by atoms with Crippen molar-refractivity contribution in [1.29, 1.82) is 0 Å². The van der Waals surface area contributed by atoms with E-state index < -0.39 is 0 Å². The maximum atomic E-state index is 9.57. The molecule has 2 unspecified atom stereocenters. The van der Waals surface area contributed by atoms with Crippen molar-refractivity contribution in [3.8, 4) is 11.5 Å². The molecule has 2 aromatic rings. The summed E-state index contributed by atoms with van der Waals surface area (Å²) < 4.78 is 0. The summed E-state index contributed by atoms with van der Waals surface area (Å²) in [6, 6.07) is 15.5. The van der Waals surface area contributed by atoms with Crippen molar-refractivity contribution in [2.24, 2.45) is 11.3 Å². The van der Waals surface area contributed by atoms with Gasteiger partial charge < -0.3 is 10.2 Å². The number of aromatic hydroxyl groups is 2. The zero-order chi connectivity index (χ0) is 17.3. The minimum atomic E-state index is 0.282. The van der Waals surface area contributed by atoms with E-state index in [9.17, 15) is 10.2 Å². The first-order valence-electron chi connectivity index (χ1n) is 8.91. The van der Waals surface area contributed by atoms with Crippen LogP contribution < -0.4 is 0 Å². The van der Waals surface area contributed by atoms with Crippen molar-refractivity contribution >= 4 is 0 Å². The molecule has 2 N–H and O–H groups in total. The van der Waals surface area contributed by atoms with E-state index in [4.69, 9.17) is 0 Å². The van der Waals surface area contributed by atoms with Crippen LogP contribution in [0.1, 0.15) is 63.0 Å². The second-order valence-corrected chi connectivity index (χ2v) is 8.35. The molecule has 1 aliphatic carbocycles. The lowest BCUT2D eigenvalue weighted by molar-refractivity contribution is 0.151. The summed E-state index contributed by atoms with van der Waals surface area (Å²) in [4.78, 5) is 0. The van der Waals surface area contributed by atoms with Crippen molar-refractivity contribution in [3.63, 3.8) is 0 Å². The van der Waals surface area contributed by atoms with Crippen LogP contribution in [0.25, 0.3) is 0 Å². The van der Waals surface area contributed by atoms with Crippen LogP contribution >= 0.6 is 0 Å². The Bertz CT molecular complexity index is 611. The van der Waals surface area contributed by atoms with Gasteiger partial charge in [-0.15, -0.1) is 0 Å². The molecule has 0 bridgehead atoms. The minimum absolute atomic E-state index is 0.282. The lowest BCUT2D eigenvalue weighted by Crippen LogP contribution is -2.29. The second-order valence-electron chi connectivity index (χ2n) is 8.35. The lowest BCUT2D eigenvalue weighted by atomic mass is 9.63. The van der Waals surface area contributed by atoms with Crippen LogP contribution in [0.2, 0.25) is 0 Å². The molecule has 2 atom stereocenters. The van der Waals surface area contributed by atoms with Gasteiger partial charge in [-0.05, 0) is 77.8 Å². The lowest BCUT2D eigenvalue weighted by Gasteiger charge is -2.42. The van der Waals surface area contributed by atoms with Gasteiger partial charge in [-0.25, -0.2) is 0 Å². The van der Waals surface area contributed by atoms with E-state index in [1.807, 2.05) is 0 Å². The first kappa shape index (κ1) is 16.9. The quantitative estimate of drug-likeness (QED) is 0.731. The highest BCUT2D eigenvalue weighted by Crippen LogP contribution is 2.49. The van der Waals surface area contributed by atoms with E-state index in [0.717, 1.165) is 6.42 Å². The van der Waals surface area contributed by atoms with Crippen molar-refractivity contribution in [2.75, 3.05) is 0 Å². The Labute approximate surface area is 145 Å². The van der Waals surface area contributed by atoms with Crippen LogP contribution in [0.3, 0.4) is 0 Å². The van der Waals surface area contributed by atoms with Gasteiger partial charge in [-0.2, -0.15) is 0 Å². The molecule has 3 rings (SSSR count). The monoisotopic (exact) mass is 324 g/mol. The minimum Gasteiger partial charge on any atom is -0.508 e. The molecule has 0 spiro atoms. The van der Waals surface area contributed by atoms with Crippen molar-refractivity contribution in [1.82, 2.24) is 0 Å². The van der Waals surface area contributed by atoms with Crippen molar-refractivity contribution in [3.05, 3.63) is 59.7 Å². The molecule has 0 amide bonds. The maximum Gasteiger partial charge on any atom is 0.115 e. The average Bonchev–Trinajstić information content (AvgIpc) is 2.55. The third kappa shape index (κ3) is 3.75. The normalized spacial score (nSPS) is 24.7. The SMILES string of the molecule is CC(C)(C)C1CC(c2ccc(O)cc2)CC(c2ccc(O)cc2)C1. The highest BCUT2D eigenvalue weighted by molar-refractivity contribution is 5.32. The molecule has 24 heavy (non-hydrogen) atoms. The zero-order valence-corrected chi connectivity index (χ0v) is 14.9. The van der Waals surface area contributed by atoms with Crippen LogP contribution in [0, 0.1) is 11.3 Å². The molecular formula is C22H28O2. The van der Waals surface area contributed by atoms with E-state index in [1.54, 1.807) is 24.3 Å². The van der Waals surface area contributed by atoms with Gasteiger partial charge in [0, 0.05) is 0 Å². The average molecular weight is 324 g/mol. The molecular weight excluding hydrogens is 296 g/mol. The fourth-order valence-corrected chi connectivity index (χ4v) is 4.06. The molecule has 0 radical (unpaired) electrons. The number of phenols is 2. The van der Waals surface area contributed by atoms with Gasteiger partial charge in [-0.3, -0.25) is 0 Å². The molecule has 1 aliphatic rings. The molecule has 2 nitrogen and oxygen atoms in total. The van der Waals surface area contributed by atoms with Gasteiger partial charge in [0.1, 0.15) is 11.5 Å². The Morgan fingerprint density at radius 1 is 0.667 bits per heavy atom. The fourth-order valence-electron chi connectivity index (χ4n) is 4.06. The molecule has 128 valence electrons. The van der Waals surface area contributed by atoms with Crippen LogP contribution in [0.4, 0.5) is 0 Å². The number of hydrogen-bond donors (Lipinski definition) is 2. The zero-order valence-electron chi connectivity index (χ0n) is 14.9. The summed E-state index contributed by atoms with van der Waals surface area (Å²) in [6.07, 6.45) is 3.52.